The molecule has 0 saturated carbocycles. The van der Waals surface area contributed by atoms with Crippen LogP contribution in [0.15, 0.2) is 48.5 Å². The lowest BCUT2D eigenvalue weighted by atomic mass is 10.1. The zero-order valence-electron chi connectivity index (χ0n) is 17.6. The molecule has 2 amide bonds. The van der Waals surface area contributed by atoms with Crippen LogP contribution in [0.25, 0.3) is 0 Å². The maximum atomic E-state index is 12.8. The molecule has 0 radical (unpaired) electrons. The number of hydrogen-bond acceptors (Lipinski definition) is 5. The van der Waals surface area contributed by atoms with Crippen molar-refractivity contribution in [2.75, 3.05) is 36.4 Å². The van der Waals surface area contributed by atoms with Gasteiger partial charge in [-0.1, -0.05) is 48.9 Å². The number of urea groups is 1. The second kappa shape index (κ2) is 10.1. The van der Waals surface area contributed by atoms with Gasteiger partial charge in [-0.2, -0.15) is 4.37 Å². The minimum atomic E-state index is -0.0385. The normalized spacial score (nSPS) is 14.4. The van der Waals surface area contributed by atoms with E-state index < -0.39 is 0 Å². The molecule has 0 bridgehead atoms. The van der Waals surface area contributed by atoms with E-state index in [4.69, 9.17) is 16.6 Å². The first-order chi connectivity index (χ1) is 15.1. The van der Waals surface area contributed by atoms with Crippen LogP contribution in [0, 0.1) is 0 Å². The highest BCUT2D eigenvalue weighted by molar-refractivity contribution is 7.09. The molecule has 0 atom stereocenters. The maximum Gasteiger partial charge on any atom is 0.321 e. The number of anilines is 2. The molecule has 6 nitrogen and oxygen atoms in total. The third kappa shape index (κ3) is 5.54. The van der Waals surface area contributed by atoms with Gasteiger partial charge in [-0.3, -0.25) is 0 Å². The van der Waals surface area contributed by atoms with Gasteiger partial charge < -0.3 is 15.1 Å². The van der Waals surface area contributed by atoms with E-state index in [1.165, 1.54) is 11.5 Å². The van der Waals surface area contributed by atoms with Gasteiger partial charge in [0, 0.05) is 54.8 Å². The maximum absolute atomic E-state index is 12.8. The number of amides is 2. The van der Waals surface area contributed by atoms with Gasteiger partial charge in [0.1, 0.15) is 5.82 Å². The number of aromatic nitrogens is 2. The zero-order chi connectivity index (χ0) is 21.6. The summed E-state index contributed by atoms with van der Waals surface area (Å²) in [5, 5.41) is 4.73. The quantitative estimate of drug-likeness (QED) is 0.582. The summed E-state index contributed by atoms with van der Waals surface area (Å²) in [6, 6.07) is 15.7. The molecule has 2 heterocycles. The molecular weight excluding hydrogens is 430 g/mol. The molecule has 1 N–H and O–H groups in total. The number of aryl methyl sites for hydroxylation is 1. The highest BCUT2D eigenvalue weighted by Crippen LogP contribution is 2.22. The summed E-state index contributed by atoms with van der Waals surface area (Å²) in [5.74, 6) is 0.817. The molecular formula is C23H26ClN5OS. The van der Waals surface area contributed by atoms with Crippen LogP contribution in [-0.2, 0) is 12.8 Å². The van der Waals surface area contributed by atoms with Crippen LogP contribution < -0.4 is 10.2 Å². The summed E-state index contributed by atoms with van der Waals surface area (Å²) in [6.07, 6.45) is 2.47. The van der Waals surface area contributed by atoms with E-state index in [1.807, 2.05) is 47.4 Å². The minimum absolute atomic E-state index is 0.0385. The second-order valence-corrected chi connectivity index (χ2v) is 8.73. The molecule has 8 heteroatoms. The number of carbonyl (C=O) groups is 1. The highest BCUT2D eigenvalue weighted by Gasteiger charge is 2.22. The standard InChI is InChI=1S/C23H26ClN5OS/c1-2-18-6-3-4-7-20(18)25-22(30)28-12-5-13-29(15-14-28)23-26-21(27-31-23)16-17-8-10-19(24)11-9-17/h3-4,6-11H,2,5,12-16H2,1H3,(H,25,30). The Morgan fingerprint density at radius 1 is 1.10 bits per heavy atom. The van der Waals surface area contributed by atoms with Crippen molar-refractivity contribution in [3.63, 3.8) is 0 Å². The first kappa shape index (κ1) is 21.6. The summed E-state index contributed by atoms with van der Waals surface area (Å²) >= 11 is 7.39. The van der Waals surface area contributed by atoms with Crippen molar-refractivity contribution in [3.8, 4) is 0 Å². The van der Waals surface area contributed by atoms with Gasteiger partial charge in [0.25, 0.3) is 0 Å². The van der Waals surface area contributed by atoms with E-state index >= 15 is 0 Å². The topological polar surface area (TPSA) is 61.4 Å². The van der Waals surface area contributed by atoms with Crippen molar-refractivity contribution in [2.45, 2.75) is 26.2 Å². The van der Waals surface area contributed by atoms with Crippen molar-refractivity contribution in [1.82, 2.24) is 14.3 Å². The number of benzene rings is 2. The highest BCUT2D eigenvalue weighted by atomic mass is 35.5. The molecule has 1 aromatic heterocycles. The van der Waals surface area contributed by atoms with Crippen LogP contribution in [0.1, 0.15) is 30.3 Å². The van der Waals surface area contributed by atoms with E-state index in [1.54, 1.807) is 0 Å². The van der Waals surface area contributed by atoms with Crippen molar-refractivity contribution in [3.05, 3.63) is 70.5 Å². The van der Waals surface area contributed by atoms with Gasteiger partial charge in [-0.15, -0.1) is 0 Å². The van der Waals surface area contributed by atoms with Crippen LogP contribution in [0.4, 0.5) is 15.6 Å². The lowest BCUT2D eigenvalue weighted by Crippen LogP contribution is -2.38. The Hall–Kier alpha value is -2.64. The molecule has 0 spiro atoms. The van der Waals surface area contributed by atoms with Gasteiger partial charge >= 0.3 is 6.03 Å². The Kier molecular flexibility index (Phi) is 7.04. The number of carbonyl (C=O) groups excluding carboxylic acids is 1. The molecule has 4 rings (SSSR count). The number of nitrogens with zero attached hydrogens (tertiary/aromatic N) is 4. The lowest BCUT2D eigenvalue weighted by Gasteiger charge is -2.22. The van der Waals surface area contributed by atoms with Gasteiger partial charge in [-0.05, 0) is 42.2 Å². The molecule has 1 aliphatic heterocycles. The number of rotatable bonds is 5. The summed E-state index contributed by atoms with van der Waals surface area (Å²) in [5.41, 5.74) is 3.18. The van der Waals surface area contributed by atoms with Gasteiger partial charge in [0.2, 0.25) is 5.13 Å². The molecule has 31 heavy (non-hydrogen) atoms. The number of hydrogen-bond donors (Lipinski definition) is 1. The molecule has 1 aliphatic rings. The second-order valence-electron chi connectivity index (χ2n) is 7.56. The third-order valence-electron chi connectivity index (χ3n) is 5.43. The van der Waals surface area contributed by atoms with E-state index in [0.717, 1.165) is 65.3 Å². The van der Waals surface area contributed by atoms with Crippen molar-refractivity contribution >= 4 is 40.0 Å². The van der Waals surface area contributed by atoms with Crippen molar-refractivity contribution < 1.29 is 4.79 Å². The number of nitrogens with one attached hydrogen (secondary N) is 1. The van der Waals surface area contributed by atoms with Crippen LogP contribution in [0.5, 0.6) is 0 Å². The summed E-state index contributed by atoms with van der Waals surface area (Å²) in [6.45, 7) is 5.10. The van der Waals surface area contributed by atoms with Crippen LogP contribution in [-0.4, -0.2) is 46.5 Å². The molecule has 2 aromatic carbocycles. The first-order valence-electron chi connectivity index (χ1n) is 10.6. The minimum Gasteiger partial charge on any atom is -0.345 e. The molecule has 3 aromatic rings. The molecule has 162 valence electrons. The van der Waals surface area contributed by atoms with E-state index in [0.29, 0.717) is 13.0 Å². The van der Waals surface area contributed by atoms with Gasteiger partial charge in [0.05, 0.1) is 0 Å². The number of para-hydroxylation sites is 1. The Balaban J connectivity index is 1.35. The average molecular weight is 456 g/mol. The van der Waals surface area contributed by atoms with Gasteiger partial charge in [0.15, 0.2) is 0 Å². The molecule has 0 aliphatic carbocycles. The van der Waals surface area contributed by atoms with Crippen LogP contribution in [0.2, 0.25) is 5.02 Å². The fourth-order valence-electron chi connectivity index (χ4n) is 3.69. The van der Waals surface area contributed by atoms with Crippen LogP contribution in [0.3, 0.4) is 0 Å². The SMILES string of the molecule is CCc1ccccc1NC(=O)N1CCCN(c2nc(Cc3ccc(Cl)cc3)ns2)CC1. The van der Waals surface area contributed by atoms with Crippen LogP contribution >= 0.6 is 23.1 Å². The Morgan fingerprint density at radius 3 is 2.71 bits per heavy atom. The Bertz CT molecular complexity index is 1020. The van der Waals surface area contributed by atoms with E-state index in [9.17, 15) is 4.79 Å². The largest absolute Gasteiger partial charge is 0.345 e. The smallest absolute Gasteiger partial charge is 0.321 e. The predicted octanol–water partition coefficient (Wildman–Crippen LogP) is 5.09. The zero-order valence-corrected chi connectivity index (χ0v) is 19.1. The monoisotopic (exact) mass is 455 g/mol. The summed E-state index contributed by atoms with van der Waals surface area (Å²) < 4.78 is 4.53. The fraction of sp³-hybridized carbons (Fsp3) is 0.348. The lowest BCUT2D eigenvalue weighted by molar-refractivity contribution is 0.215. The molecule has 0 unspecified atom stereocenters. The summed E-state index contributed by atoms with van der Waals surface area (Å²) in [7, 11) is 0. The fourth-order valence-corrected chi connectivity index (χ4v) is 4.55. The first-order valence-corrected chi connectivity index (χ1v) is 11.7. The molecule has 1 fully saturated rings. The van der Waals surface area contributed by atoms with Crippen molar-refractivity contribution in [2.24, 2.45) is 0 Å². The summed E-state index contributed by atoms with van der Waals surface area (Å²) in [4.78, 5) is 21.7. The van der Waals surface area contributed by atoms with Crippen molar-refractivity contribution in [1.29, 1.82) is 0 Å². The average Bonchev–Trinajstić information content (AvgIpc) is 3.10. The Labute approximate surface area is 192 Å². The predicted molar refractivity (Wildman–Crippen MR) is 127 cm³/mol. The van der Waals surface area contributed by atoms with Gasteiger partial charge in [-0.25, -0.2) is 9.78 Å². The van der Waals surface area contributed by atoms with E-state index in [2.05, 4.69) is 27.6 Å². The Morgan fingerprint density at radius 2 is 1.90 bits per heavy atom. The molecule has 1 saturated heterocycles. The van der Waals surface area contributed by atoms with E-state index in [-0.39, 0.29) is 6.03 Å². The number of halogens is 1. The third-order valence-corrected chi connectivity index (χ3v) is 6.49.